The molecule has 1 fully saturated rings. The van der Waals surface area contributed by atoms with Gasteiger partial charge in [-0.2, -0.15) is 0 Å². The average Bonchev–Trinajstić information content (AvgIpc) is 2.03. The molecule has 0 aromatic carbocycles. The molecule has 0 unspecified atom stereocenters. The molecule has 10 heavy (non-hydrogen) atoms. The first-order valence-corrected chi connectivity index (χ1v) is 3.89. The summed E-state index contributed by atoms with van der Waals surface area (Å²) in [6.07, 6.45) is 5.59. The van der Waals surface area contributed by atoms with E-state index in [9.17, 15) is 4.39 Å². The predicted molar refractivity (Wildman–Crippen MR) is 40.5 cm³/mol. The Kier molecular flexibility index (Phi) is 3.44. The minimum absolute atomic E-state index is 0.655. The summed E-state index contributed by atoms with van der Waals surface area (Å²) in [5.74, 6) is 0.716. The number of halogens is 1. The second-order valence-corrected chi connectivity index (χ2v) is 2.79. The first kappa shape index (κ1) is 7.73. The Morgan fingerprint density at radius 1 is 1.40 bits per heavy atom. The molecule has 0 saturated carbocycles. The minimum Gasteiger partial charge on any atom is -0.317 e. The maximum absolute atomic E-state index is 11.6. The van der Waals surface area contributed by atoms with Crippen LogP contribution in [0.2, 0.25) is 0 Å². The van der Waals surface area contributed by atoms with E-state index in [1.165, 1.54) is 12.8 Å². The molecular formula is C8H14FN. The van der Waals surface area contributed by atoms with Crippen molar-refractivity contribution in [2.45, 2.75) is 19.3 Å². The van der Waals surface area contributed by atoms with Crippen LogP contribution in [0.1, 0.15) is 19.3 Å². The van der Waals surface area contributed by atoms with Crippen LogP contribution in [0.4, 0.5) is 4.39 Å². The fourth-order valence-corrected chi connectivity index (χ4v) is 1.36. The van der Waals surface area contributed by atoms with Crippen molar-refractivity contribution >= 4 is 0 Å². The molecule has 1 saturated heterocycles. The van der Waals surface area contributed by atoms with Crippen molar-refractivity contribution in [2.24, 2.45) is 5.92 Å². The minimum atomic E-state index is 0.655. The number of rotatable bonds is 2. The van der Waals surface area contributed by atoms with E-state index in [0.717, 1.165) is 19.5 Å². The molecule has 1 N–H and O–H groups in total. The monoisotopic (exact) mass is 143 g/mol. The zero-order valence-electron chi connectivity index (χ0n) is 6.15. The van der Waals surface area contributed by atoms with Gasteiger partial charge >= 0.3 is 0 Å². The molecule has 0 radical (unpaired) electrons. The van der Waals surface area contributed by atoms with Gasteiger partial charge in [-0.3, -0.25) is 0 Å². The molecule has 0 aliphatic carbocycles. The summed E-state index contributed by atoms with van der Waals surface area (Å²) in [5, 5.41) is 3.27. The molecule has 1 aliphatic heterocycles. The summed E-state index contributed by atoms with van der Waals surface area (Å²) in [6, 6.07) is 0. The van der Waals surface area contributed by atoms with Crippen molar-refractivity contribution in [3.63, 3.8) is 0 Å². The smallest absolute Gasteiger partial charge is 0.0827 e. The van der Waals surface area contributed by atoms with Crippen LogP contribution in [-0.4, -0.2) is 13.1 Å². The Morgan fingerprint density at radius 2 is 2.10 bits per heavy atom. The van der Waals surface area contributed by atoms with Crippen molar-refractivity contribution in [1.82, 2.24) is 5.32 Å². The Hall–Kier alpha value is -0.370. The molecule has 1 heterocycles. The van der Waals surface area contributed by atoms with Gasteiger partial charge in [0.1, 0.15) is 0 Å². The summed E-state index contributed by atoms with van der Waals surface area (Å²) < 4.78 is 11.6. The molecule has 2 heteroatoms. The lowest BCUT2D eigenvalue weighted by atomic mass is 9.95. The molecule has 1 aliphatic rings. The highest BCUT2D eigenvalue weighted by molar-refractivity contribution is 4.79. The highest BCUT2D eigenvalue weighted by atomic mass is 19.1. The van der Waals surface area contributed by atoms with Gasteiger partial charge in [-0.15, -0.1) is 0 Å². The highest BCUT2D eigenvalue weighted by Crippen LogP contribution is 2.15. The van der Waals surface area contributed by atoms with Gasteiger partial charge < -0.3 is 5.32 Å². The van der Waals surface area contributed by atoms with E-state index in [1.54, 1.807) is 6.08 Å². The van der Waals surface area contributed by atoms with Crippen LogP contribution in [0.25, 0.3) is 0 Å². The van der Waals surface area contributed by atoms with Crippen molar-refractivity contribution in [3.05, 3.63) is 12.4 Å². The summed E-state index contributed by atoms with van der Waals surface area (Å²) in [7, 11) is 0. The van der Waals surface area contributed by atoms with Gasteiger partial charge in [0.25, 0.3) is 0 Å². The lowest BCUT2D eigenvalue weighted by molar-refractivity contribution is 0.376. The molecule has 1 nitrogen and oxygen atoms in total. The Labute approximate surface area is 61.3 Å². The maximum atomic E-state index is 11.6. The Bertz CT molecular complexity index is 106. The Balaban J connectivity index is 2.13. The second kappa shape index (κ2) is 4.45. The lowest BCUT2D eigenvalue weighted by Gasteiger charge is -2.20. The quantitative estimate of drug-likeness (QED) is 0.622. The van der Waals surface area contributed by atoms with Crippen molar-refractivity contribution < 1.29 is 4.39 Å². The Morgan fingerprint density at radius 3 is 2.70 bits per heavy atom. The fourth-order valence-electron chi connectivity index (χ4n) is 1.36. The van der Waals surface area contributed by atoms with Crippen LogP contribution in [0.5, 0.6) is 0 Å². The van der Waals surface area contributed by atoms with E-state index in [1.807, 2.05) is 0 Å². The van der Waals surface area contributed by atoms with Gasteiger partial charge in [-0.05, 0) is 38.3 Å². The number of hydrogen-bond acceptors (Lipinski definition) is 1. The highest BCUT2D eigenvalue weighted by Gasteiger charge is 2.10. The van der Waals surface area contributed by atoms with Gasteiger partial charge in [-0.1, -0.05) is 6.08 Å². The summed E-state index contributed by atoms with van der Waals surface area (Å²) in [6.45, 7) is 2.20. The summed E-state index contributed by atoms with van der Waals surface area (Å²) >= 11 is 0. The first-order valence-electron chi connectivity index (χ1n) is 3.89. The average molecular weight is 143 g/mol. The van der Waals surface area contributed by atoms with E-state index in [4.69, 9.17) is 0 Å². The molecule has 0 bridgehead atoms. The zero-order chi connectivity index (χ0) is 7.23. The topological polar surface area (TPSA) is 12.0 Å². The molecule has 0 aromatic heterocycles. The third-order valence-corrected chi connectivity index (χ3v) is 2.02. The summed E-state index contributed by atoms with van der Waals surface area (Å²) in [4.78, 5) is 0. The van der Waals surface area contributed by atoms with Gasteiger partial charge in [0, 0.05) is 0 Å². The van der Waals surface area contributed by atoms with E-state index < -0.39 is 0 Å². The third-order valence-electron chi connectivity index (χ3n) is 2.02. The SMILES string of the molecule is F/C=C\CC1CCNCC1. The predicted octanol–water partition coefficient (Wildman–Crippen LogP) is 1.86. The number of piperidine rings is 1. The van der Waals surface area contributed by atoms with Gasteiger partial charge in [0.15, 0.2) is 0 Å². The largest absolute Gasteiger partial charge is 0.317 e. The molecule has 0 atom stereocenters. The van der Waals surface area contributed by atoms with Crippen LogP contribution < -0.4 is 5.32 Å². The van der Waals surface area contributed by atoms with Gasteiger partial charge in [-0.25, -0.2) is 4.39 Å². The van der Waals surface area contributed by atoms with E-state index in [2.05, 4.69) is 5.32 Å². The van der Waals surface area contributed by atoms with Crippen LogP contribution in [-0.2, 0) is 0 Å². The lowest BCUT2D eigenvalue weighted by Crippen LogP contribution is -2.27. The standard InChI is InChI=1S/C8H14FN/c9-5-1-2-8-3-6-10-7-4-8/h1,5,8,10H,2-4,6-7H2/b5-1-. The molecule has 0 amide bonds. The van der Waals surface area contributed by atoms with E-state index in [0.29, 0.717) is 12.2 Å². The normalized spacial score (nSPS) is 22.1. The van der Waals surface area contributed by atoms with Crippen molar-refractivity contribution in [1.29, 1.82) is 0 Å². The van der Waals surface area contributed by atoms with Gasteiger partial charge in [0.2, 0.25) is 0 Å². The van der Waals surface area contributed by atoms with Crippen molar-refractivity contribution in [2.75, 3.05) is 13.1 Å². The third kappa shape index (κ3) is 2.48. The van der Waals surface area contributed by atoms with E-state index >= 15 is 0 Å². The zero-order valence-corrected chi connectivity index (χ0v) is 6.15. The molecule has 1 rings (SSSR count). The van der Waals surface area contributed by atoms with Crippen LogP contribution in [0, 0.1) is 5.92 Å². The number of allylic oxidation sites excluding steroid dienone is 1. The van der Waals surface area contributed by atoms with Gasteiger partial charge in [0.05, 0.1) is 6.33 Å². The maximum Gasteiger partial charge on any atom is 0.0827 e. The second-order valence-electron chi connectivity index (χ2n) is 2.79. The van der Waals surface area contributed by atoms with Crippen LogP contribution in [0.15, 0.2) is 12.4 Å². The summed E-state index contributed by atoms with van der Waals surface area (Å²) in [5.41, 5.74) is 0. The first-order chi connectivity index (χ1) is 4.93. The molecule has 0 spiro atoms. The fraction of sp³-hybridized carbons (Fsp3) is 0.750. The number of hydrogen-bond donors (Lipinski definition) is 1. The van der Waals surface area contributed by atoms with Crippen molar-refractivity contribution in [3.8, 4) is 0 Å². The number of nitrogens with one attached hydrogen (secondary N) is 1. The molecule has 58 valence electrons. The molecule has 0 aromatic rings. The van der Waals surface area contributed by atoms with Crippen LogP contribution in [0.3, 0.4) is 0 Å². The molecular weight excluding hydrogens is 129 g/mol. The van der Waals surface area contributed by atoms with E-state index in [-0.39, 0.29) is 0 Å². The van der Waals surface area contributed by atoms with Crippen LogP contribution >= 0.6 is 0 Å².